The highest BCUT2D eigenvalue weighted by molar-refractivity contribution is 5.94. The highest BCUT2D eigenvalue weighted by Crippen LogP contribution is 2.41. The number of benzene rings is 2. The van der Waals surface area contributed by atoms with Gasteiger partial charge in [0.1, 0.15) is 24.6 Å². The van der Waals surface area contributed by atoms with Gasteiger partial charge in [-0.25, -0.2) is 0 Å². The van der Waals surface area contributed by atoms with Crippen molar-refractivity contribution >= 4 is 5.91 Å². The topological polar surface area (TPSA) is 76.8 Å². The van der Waals surface area contributed by atoms with Gasteiger partial charge in [0.25, 0.3) is 5.91 Å². The SMILES string of the molecule is N#CCN1CC(C2c3ccccc3CCc3ccccc32)N2/C=C\COCC(O)=C2C1=O. The van der Waals surface area contributed by atoms with E-state index in [4.69, 9.17) is 4.74 Å². The molecule has 1 aliphatic carbocycles. The van der Waals surface area contributed by atoms with Gasteiger partial charge < -0.3 is 19.6 Å². The van der Waals surface area contributed by atoms with Crippen molar-refractivity contribution in [2.24, 2.45) is 0 Å². The van der Waals surface area contributed by atoms with Gasteiger partial charge in [-0.05, 0) is 41.2 Å². The summed E-state index contributed by atoms with van der Waals surface area (Å²) in [6.07, 6.45) is 5.64. The molecule has 1 atom stereocenters. The summed E-state index contributed by atoms with van der Waals surface area (Å²) < 4.78 is 5.44. The number of aliphatic hydroxyl groups is 1. The molecule has 1 fully saturated rings. The fourth-order valence-electron chi connectivity index (χ4n) is 5.20. The van der Waals surface area contributed by atoms with Crippen LogP contribution in [0.2, 0.25) is 0 Å². The molecule has 0 spiro atoms. The molecule has 1 amide bonds. The second-order valence-electron chi connectivity index (χ2n) is 8.39. The lowest BCUT2D eigenvalue weighted by Gasteiger charge is -2.45. The van der Waals surface area contributed by atoms with E-state index in [1.54, 1.807) is 0 Å². The Morgan fingerprint density at radius 3 is 2.38 bits per heavy atom. The molecule has 5 rings (SSSR count). The predicted octanol–water partition coefficient (Wildman–Crippen LogP) is 3.27. The maximum absolute atomic E-state index is 13.2. The van der Waals surface area contributed by atoms with Crippen LogP contribution in [-0.2, 0) is 22.4 Å². The van der Waals surface area contributed by atoms with E-state index in [9.17, 15) is 15.2 Å². The number of ether oxygens (including phenoxy) is 1. The molecule has 6 nitrogen and oxygen atoms in total. The van der Waals surface area contributed by atoms with Crippen LogP contribution in [0, 0.1) is 11.3 Å². The monoisotopic (exact) mass is 427 g/mol. The average molecular weight is 428 g/mol. The van der Waals surface area contributed by atoms with E-state index >= 15 is 0 Å². The van der Waals surface area contributed by atoms with Gasteiger partial charge in [-0.15, -0.1) is 0 Å². The van der Waals surface area contributed by atoms with Gasteiger partial charge in [0.15, 0.2) is 0 Å². The minimum absolute atomic E-state index is 0.0213. The third-order valence-electron chi connectivity index (χ3n) is 6.60. The molecule has 2 heterocycles. The number of hydrogen-bond acceptors (Lipinski definition) is 5. The Balaban J connectivity index is 1.72. The van der Waals surface area contributed by atoms with Gasteiger partial charge in [0, 0.05) is 18.7 Å². The number of piperazine rings is 1. The molecular formula is C26H25N3O3. The molecule has 0 radical (unpaired) electrons. The number of fused-ring (bicyclic) bond motifs is 3. The Kier molecular flexibility index (Phi) is 5.42. The standard InChI is InChI=1S/C26H25N3O3/c27-12-14-28-16-22(29-13-5-15-32-17-23(30)25(29)26(28)31)24-20-8-3-1-6-18(20)10-11-19-7-2-4-9-21(19)24/h1-9,13,22,24,30H,10-11,14-17H2/b13-5-,25-23?. The average Bonchev–Trinajstić information content (AvgIpc) is 2.96. The number of aryl methyl sites for hydroxylation is 2. The number of carbonyl (C=O) groups excluding carboxylic acids is 1. The smallest absolute Gasteiger partial charge is 0.275 e. The second-order valence-corrected chi connectivity index (χ2v) is 8.39. The fourth-order valence-corrected chi connectivity index (χ4v) is 5.20. The van der Waals surface area contributed by atoms with E-state index in [2.05, 4.69) is 54.6 Å². The highest BCUT2D eigenvalue weighted by Gasteiger charge is 2.43. The normalized spacial score (nSPS) is 22.1. The third-order valence-corrected chi connectivity index (χ3v) is 6.60. The lowest BCUT2D eigenvalue weighted by molar-refractivity contribution is -0.132. The van der Waals surface area contributed by atoms with Crippen molar-refractivity contribution in [3.05, 3.63) is 94.5 Å². The number of aliphatic hydroxyl groups excluding tert-OH is 1. The van der Waals surface area contributed by atoms with Crippen LogP contribution in [0.3, 0.4) is 0 Å². The van der Waals surface area contributed by atoms with Gasteiger partial charge in [-0.1, -0.05) is 48.5 Å². The zero-order valence-electron chi connectivity index (χ0n) is 17.8. The van der Waals surface area contributed by atoms with E-state index in [0.29, 0.717) is 13.2 Å². The van der Waals surface area contributed by atoms with E-state index in [1.165, 1.54) is 27.2 Å². The summed E-state index contributed by atoms with van der Waals surface area (Å²) in [4.78, 5) is 16.7. The lowest BCUT2D eigenvalue weighted by atomic mass is 9.80. The van der Waals surface area contributed by atoms with Gasteiger partial charge >= 0.3 is 0 Å². The molecule has 0 aromatic heterocycles. The van der Waals surface area contributed by atoms with Crippen LogP contribution in [0.1, 0.15) is 28.2 Å². The minimum atomic E-state index is -0.342. The van der Waals surface area contributed by atoms with Crippen LogP contribution in [0.5, 0.6) is 0 Å². The first-order valence-corrected chi connectivity index (χ1v) is 11.0. The Hall–Kier alpha value is -3.56. The lowest BCUT2D eigenvalue weighted by Crippen LogP contribution is -2.56. The van der Waals surface area contributed by atoms with Crippen LogP contribution in [-0.4, -0.2) is 53.2 Å². The van der Waals surface area contributed by atoms with Crippen molar-refractivity contribution in [1.29, 1.82) is 5.26 Å². The number of rotatable bonds is 2. The zero-order valence-corrected chi connectivity index (χ0v) is 17.8. The number of carbonyl (C=O) groups is 1. The summed E-state index contributed by atoms with van der Waals surface area (Å²) in [6, 6.07) is 18.9. The summed E-state index contributed by atoms with van der Waals surface area (Å²) in [6.45, 7) is 0.684. The summed E-state index contributed by atoms with van der Waals surface area (Å²) in [7, 11) is 0. The van der Waals surface area contributed by atoms with Crippen molar-refractivity contribution in [1.82, 2.24) is 9.80 Å². The largest absolute Gasteiger partial charge is 0.507 e. The van der Waals surface area contributed by atoms with E-state index in [1.807, 2.05) is 17.2 Å². The van der Waals surface area contributed by atoms with E-state index in [-0.39, 0.29) is 42.5 Å². The predicted molar refractivity (Wildman–Crippen MR) is 120 cm³/mol. The Labute approximate surface area is 187 Å². The quantitative estimate of drug-likeness (QED) is 0.745. The summed E-state index contributed by atoms with van der Waals surface area (Å²) in [5, 5.41) is 20.2. The second kappa shape index (κ2) is 8.52. The molecular weight excluding hydrogens is 402 g/mol. The van der Waals surface area contributed by atoms with Gasteiger partial charge in [-0.3, -0.25) is 4.79 Å². The van der Waals surface area contributed by atoms with Gasteiger partial charge in [-0.2, -0.15) is 5.26 Å². The first kappa shape index (κ1) is 20.3. The molecule has 1 N–H and O–H groups in total. The molecule has 0 bridgehead atoms. The molecule has 2 aromatic rings. The Morgan fingerprint density at radius 2 is 1.72 bits per heavy atom. The van der Waals surface area contributed by atoms with Gasteiger partial charge in [0.2, 0.25) is 0 Å². The zero-order chi connectivity index (χ0) is 22.1. The number of nitriles is 1. The Morgan fingerprint density at radius 1 is 1.06 bits per heavy atom. The first-order chi connectivity index (χ1) is 15.7. The summed E-state index contributed by atoms with van der Waals surface area (Å²) in [5.41, 5.74) is 5.27. The number of hydrogen-bond donors (Lipinski definition) is 1. The van der Waals surface area contributed by atoms with Gasteiger partial charge in [0.05, 0.1) is 18.7 Å². The maximum atomic E-state index is 13.2. The van der Waals surface area contributed by atoms with Crippen molar-refractivity contribution < 1.29 is 14.6 Å². The van der Waals surface area contributed by atoms with Crippen LogP contribution < -0.4 is 0 Å². The third kappa shape index (κ3) is 3.45. The van der Waals surface area contributed by atoms with Crippen LogP contribution in [0.15, 0.2) is 72.3 Å². The van der Waals surface area contributed by atoms with Crippen molar-refractivity contribution in [2.45, 2.75) is 24.8 Å². The van der Waals surface area contributed by atoms with Crippen LogP contribution in [0.25, 0.3) is 0 Å². The number of amides is 1. The van der Waals surface area contributed by atoms with Crippen LogP contribution in [0.4, 0.5) is 0 Å². The Bertz CT molecular complexity index is 1100. The molecule has 2 aliphatic heterocycles. The minimum Gasteiger partial charge on any atom is -0.507 e. The molecule has 6 heteroatoms. The van der Waals surface area contributed by atoms with E-state index in [0.717, 1.165) is 12.8 Å². The maximum Gasteiger partial charge on any atom is 0.275 e. The van der Waals surface area contributed by atoms with Crippen LogP contribution >= 0.6 is 0 Å². The van der Waals surface area contributed by atoms with Crippen molar-refractivity contribution in [2.75, 3.05) is 26.3 Å². The fraction of sp³-hybridized carbons (Fsp3) is 0.308. The summed E-state index contributed by atoms with van der Waals surface area (Å²) >= 11 is 0. The molecule has 1 saturated heterocycles. The molecule has 0 saturated carbocycles. The number of nitrogens with zero attached hydrogens (tertiary/aromatic N) is 3. The summed E-state index contributed by atoms with van der Waals surface area (Å²) in [5.74, 6) is -0.459. The highest BCUT2D eigenvalue weighted by atomic mass is 16.5. The van der Waals surface area contributed by atoms with Crippen molar-refractivity contribution in [3.63, 3.8) is 0 Å². The molecule has 1 unspecified atom stereocenters. The molecule has 3 aliphatic rings. The van der Waals surface area contributed by atoms with E-state index < -0.39 is 0 Å². The molecule has 2 aromatic carbocycles. The molecule has 162 valence electrons. The molecule has 32 heavy (non-hydrogen) atoms. The van der Waals surface area contributed by atoms with Crippen molar-refractivity contribution in [3.8, 4) is 6.07 Å². The first-order valence-electron chi connectivity index (χ1n) is 11.0.